The molecule has 0 aromatic carbocycles. The van der Waals surface area contributed by atoms with Crippen molar-refractivity contribution >= 4 is 11.7 Å². The molecule has 122 valence electrons. The molecule has 1 aromatic heterocycles. The fraction of sp³-hybridized carbons (Fsp3) is 0.583. The molecule has 0 saturated carbocycles. The first-order valence-corrected chi connectivity index (χ1v) is 6.50. The van der Waals surface area contributed by atoms with Gasteiger partial charge < -0.3 is 26.4 Å². The van der Waals surface area contributed by atoms with Crippen LogP contribution in [-0.4, -0.2) is 56.1 Å². The van der Waals surface area contributed by atoms with Gasteiger partial charge in [-0.3, -0.25) is 4.79 Å². The van der Waals surface area contributed by atoms with Crippen molar-refractivity contribution in [1.82, 2.24) is 9.66 Å². The molecule has 9 nitrogen and oxygen atoms in total. The van der Waals surface area contributed by atoms with Crippen LogP contribution in [0.1, 0.15) is 36.3 Å². The number of alkyl halides is 1. The number of aromatic nitrogens is 2. The minimum atomic E-state index is -1.85. The molecule has 10 heteroatoms. The number of imidazole rings is 1. The van der Waals surface area contributed by atoms with E-state index in [2.05, 4.69) is 10.1 Å². The minimum absolute atomic E-state index is 0.0577. The van der Waals surface area contributed by atoms with Gasteiger partial charge in [0.05, 0.1) is 18.5 Å². The molecule has 6 N–H and O–H groups in total. The Labute approximate surface area is 125 Å². The zero-order valence-corrected chi connectivity index (χ0v) is 12.1. The minimum Gasteiger partial charge on any atom is -0.393 e. The van der Waals surface area contributed by atoms with E-state index >= 15 is 0 Å². The number of halogens is 1. The second-order valence-electron chi connectivity index (χ2n) is 5.30. The van der Waals surface area contributed by atoms with E-state index in [1.807, 2.05) is 0 Å². The van der Waals surface area contributed by atoms with Crippen molar-refractivity contribution in [2.45, 2.75) is 37.8 Å². The SMILES string of the molecule is CC(=O)c1ncc(C2OC(C)(CO)C(O)C2F)n1N=C(N)N. The number of hydrogen-bond donors (Lipinski definition) is 4. The zero-order valence-electron chi connectivity index (χ0n) is 12.1. The Balaban J connectivity index is 2.50. The summed E-state index contributed by atoms with van der Waals surface area (Å²) in [6, 6.07) is 0. The van der Waals surface area contributed by atoms with Crippen LogP contribution >= 0.6 is 0 Å². The standard InChI is InChI=1S/C12H18FN5O4/c1-5(20)10-16-3-6(18(10)17-11(14)15)8-7(13)9(21)12(2,4-19)22-8/h3,7-9,19,21H,4H2,1-2H3,(H4,14,15,17). The molecule has 2 rings (SSSR count). The molecule has 1 saturated heterocycles. The highest BCUT2D eigenvalue weighted by Crippen LogP contribution is 2.41. The maximum atomic E-state index is 14.4. The highest BCUT2D eigenvalue weighted by molar-refractivity contribution is 5.91. The summed E-state index contributed by atoms with van der Waals surface area (Å²) < 4.78 is 20.8. The molecule has 22 heavy (non-hydrogen) atoms. The molecule has 0 aliphatic carbocycles. The van der Waals surface area contributed by atoms with Crippen LogP contribution in [0, 0.1) is 0 Å². The lowest BCUT2D eigenvalue weighted by Crippen LogP contribution is -2.42. The number of ketones is 1. The maximum absolute atomic E-state index is 14.4. The van der Waals surface area contributed by atoms with E-state index in [0.717, 1.165) is 4.68 Å². The number of ether oxygens (including phenoxy) is 1. The zero-order chi connectivity index (χ0) is 16.7. The molecule has 0 bridgehead atoms. The summed E-state index contributed by atoms with van der Waals surface area (Å²) >= 11 is 0. The van der Waals surface area contributed by atoms with Crippen LogP contribution in [0.2, 0.25) is 0 Å². The van der Waals surface area contributed by atoms with Gasteiger partial charge in [0.2, 0.25) is 5.96 Å². The maximum Gasteiger partial charge on any atom is 0.209 e. The summed E-state index contributed by atoms with van der Waals surface area (Å²) in [5.74, 6) is -0.901. The lowest BCUT2D eigenvalue weighted by molar-refractivity contribution is -0.101. The van der Waals surface area contributed by atoms with Crippen LogP contribution in [0.15, 0.2) is 11.3 Å². The molecule has 4 unspecified atom stereocenters. The number of hydrogen-bond acceptors (Lipinski definition) is 6. The second kappa shape index (κ2) is 5.63. The number of nitrogens with two attached hydrogens (primary N) is 2. The Hall–Kier alpha value is -2.04. The topological polar surface area (TPSA) is 149 Å². The van der Waals surface area contributed by atoms with Gasteiger partial charge in [-0.2, -0.15) is 0 Å². The van der Waals surface area contributed by atoms with Gasteiger partial charge in [0.1, 0.15) is 17.8 Å². The summed E-state index contributed by atoms with van der Waals surface area (Å²) in [6.07, 6.45) is -3.49. The average molecular weight is 315 g/mol. The van der Waals surface area contributed by atoms with Gasteiger partial charge in [0, 0.05) is 6.92 Å². The monoisotopic (exact) mass is 315 g/mol. The van der Waals surface area contributed by atoms with Gasteiger partial charge in [-0.25, -0.2) is 14.1 Å². The number of nitrogens with zero attached hydrogens (tertiary/aromatic N) is 3. The third-order valence-corrected chi connectivity index (χ3v) is 3.51. The molecule has 0 spiro atoms. The highest BCUT2D eigenvalue weighted by atomic mass is 19.1. The van der Waals surface area contributed by atoms with Gasteiger partial charge in [-0.15, -0.1) is 5.10 Å². The lowest BCUT2D eigenvalue weighted by atomic mass is 9.98. The number of Topliss-reactive ketones (excluding diaryl/α,β-unsaturated/α-hetero) is 1. The molecule has 1 aliphatic heterocycles. The predicted octanol–water partition coefficient (Wildman–Crippen LogP) is -1.36. The second-order valence-corrected chi connectivity index (χ2v) is 5.30. The summed E-state index contributed by atoms with van der Waals surface area (Å²) in [7, 11) is 0. The fourth-order valence-corrected chi connectivity index (χ4v) is 2.29. The number of aliphatic hydroxyl groups excluding tert-OH is 2. The van der Waals surface area contributed by atoms with Crippen molar-refractivity contribution in [3.05, 3.63) is 17.7 Å². The molecule has 1 fully saturated rings. The molecule has 1 aliphatic rings. The van der Waals surface area contributed by atoms with Gasteiger partial charge >= 0.3 is 0 Å². The quantitative estimate of drug-likeness (QED) is 0.304. The number of guanidine groups is 1. The third-order valence-electron chi connectivity index (χ3n) is 3.51. The summed E-state index contributed by atoms with van der Waals surface area (Å²) in [5.41, 5.74) is 9.19. The van der Waals surface area contributed by atoms with Crippen LogP contribution in [0.3, 0.4) is 0 Å². The van der Waals surface area contributed by atoms with E-state index in [1.54, 1.807) is 0 Å². The smallest absolute Gasteiger partial charge is 0.209 e. The normalized spacial score (nSPS) is 31.2. The Morgan fingerprint density at radius 3 is 2.73 bits per heavy atom. The Morgan fingerprint density at radius 1 is 1.64 bits per heavy atom. The lowest BCUT2D eigenvalue weighted by Gasteiger charge is -2.24. The van der Waals surface area contributed by atoms with E-state index in [0.29, 0.717) is 0 Å². The van der Waals surface area contributed by atoms with Crippen molar-refractivity contribution in [2.75, 3.05) is 6.61 Å². The summed E-state index contributed by atoms with van der Waals surface area (Å²) in [4.78, 5) is 15.4. The van der Waals surface area contributed by atoms with Crippen LogP contribution in [0.25, 0.3) is 0 Å². The Kier molecular flexibility index (Phi) is 4.18. The van der Waals surface area contributed by atoms with Crippen molar-refractivity contribution < 1.29 is 24.1 Å². The van der Waals surface area contributed by atoms with Crippen molar-refractivity contribution in [2.24, 2.45) is 16.6 Å². The first-order valence-electron chi connectivity index (χ1n) is 6.50. The average Bonchev–Trinajstić information content (AvgIpc) is 2.94. The van der Waals surface area contributed by atoms with Crippen molar-refractivity contribution in [3.63, 3.8) is 0 Å². The van der Waals surface area contributed by atoms with Crippen molar-refractivity contribution in [1.29, 1.82) is 0 Å². The number of carbonyl (C=O) groups is 1. The van der Waals surface area contributed by atoms with Crippen LogP contribution in [-0.2, 0) is 4.74 Å². The molecule has 0 radical (unpaired) electrons. The van der Waals surface area contributed by atoms with Gasteiger partial charge in [-0.05, 0) is 6.92 Å². The predicted molar refractivity (Wildman–Crippen MR) is 73.7 cm³/mol. The van der Waals surface area contributed by atoms with Gasteiger partial charge in [-0.1, -0.05) is 0 Å². The van der Waals surface area contributed by atoms with E-state index in [1.165, 1.54) is 20.0 Å². The first-order chi connectivity index (χ1) is 10.2. The highest BCUT2D eigenvalue weighted by Gasteiger charge is 2.53. The van der Waals surface area contributed by atoms with Crippen LogP contribution < -0.4 is 11.5 Å². The van der Waals surface area contributed by atoms with E-state index < -0.39 is 36.4 Å². The molecule has 0 amide bonds. The van der Waals surface area contributed by atoms with Gasteiger partial charge in [0.15, 0.2) is 17.8 Å². The fourth-order valence-electron chi connectivity index (χ4n) is 2.29. The molecule has 1 aromatic rings. The number of aliphatic hydroxyl groups is 2. The number of rotatable bonds is 4. The van der Waals surface area contributed by atoms with Crippen molar-refractivity contribution in [3.8, 4) is 0 Å². The van der Waals surface area contributed by atoms with Gasteiger partial charge in [0.25, 0.3) is 0 Å². The molecule has 2 heterocycles. The Morgan fingerprint density at radius 2 is 2.27 bits per heavy atom. The molecule has 4 atom stereocenters. The van der Waals surface area contributed by atoms with Crippen LogP contribution in [0.4, 0.5) is 4.39 Å². The summed E-state index contributed by atoms with van der Waals surface area (Å²) in [6.45, 7) is 2.04. The Bertz CT molecular complexity index is 615. The summed E-state index contributed by atoms with van der Waals surface area (Å²) in [5, 5.41) is 22.9. The molecular formula is C12H18FN5O4. The van der Waals surface area contributed by atoms with E-state index in [-0.39, 0.29) is 17.5 Å². The van der Waals surface area contributed by atoms with Crippen LogP contribution in [0.5, 0.6) is 0 Å². The van der Waals surface area contributed by atoms with E-state index in [4.69, 9.17) is 16.2 Å². The van der Waals surface area contributed by atoms with E-state index in [9.17, 15) is 19.4 Å². The largest absolute Gasteiger partial charge is 0.393 e. The number of carbonyl (C=O) groups excluding carboxylic acids is 1. The third kappa shape index (κ3) is 2.56. The first kappa shape index (κ1) is 16.3. The molecular weight excluding hydrogens is 297 g/mol.